The number of hydrogen-bond acceptors (Lipinski definition) is 0. The quantitative estimate of drug-likeness (QED) is 0.479. The number of hydrogen-bond donors (Lipinski definition) is 0. The van der Waals surface area contributed by atoms with E-state index in [0.29, 0.717) is 16.7 Å². The van der Waals surface area contributed by atoms with Crippen LogP contribution in [0.1, 0.15) is 30.3 Å². The van der Waals surface area contributed by atoms with Gasteiger partial charge in [-0.3, -0.25) is 0 Å². The normalized spacial score (nSPS) is 11.0. The third kappa shape index (κ3) is 3.38. The van der Waals surface area contributed by atoms with Gasteiger partial charge < -0.3 is 0 Å². The van der Waals surface area contributed by atoms with Gasteiger partial charge in [0.2, 0.25) is 0 Å². The van der Waals surface area contributed by atoms with Crippen molar-refractivity contribution in [2.45, 2.75) is 33.1 Å². The zero-order chi connectivity index (χ0) is 17.1. The molecule has 24 heavy (non-hydrogen) atoms. The standard InChI is InChI=1S/C21H20F2Se/c1-3-5-16-10-13-19(24-16)18-12-11-17(20(22)21(18)23)15-8-6-14(4-2)7-9-15/h6-13H,3-5H2,1-2H3. The van der Waals surface area contributed by atoms with E-state index >= 15 is 0 Å². The summed E-state index contributed by atoms with van der Waals surface area (Å²) in [5.41, 5.74) is 2.63. The molecule has 0 unspecified atom stereocenters. The van der Waals surface area contributed by atoms with E-state index in [2.05, 4.69) is 19.9 Å². The summed E-state index contributed by atoms with van der Waals surface area (Å²) in [6.45, 7) is 4.20. The van der Waals surface area contributed by atoms with Crippen LogP contribution >= 0.6 is 0 Å². The monoisotopic (exact) mass is 390 g/mol. The molecular weight excluding hydrogens is 369 g/mol. The predicted octanol–water partition coefficient (Wildman–Crippen LogP) is 5.87. The van der Waals surface area contributed by atoms with Crippen molar-refractivity contribution in [3.63, 3.8) is 0 Å². The maximum atomic E-state index is 14.6. The van der Waals surface area contributed by atoms with Crippen LogP contribution in [0.5, 0.6) is 0 Å². The van der Waals surface area contributed by atoms with Crippen molar-refractivity contribution in [1.82, 2.24) is 0 Å². The van der Waals surface area contributed by atoms with Crippen LogP contribution in [0.4, 0.5) is 8.78 Å². The summed E-state index contributed by atoms with van der Waals surface area (Å²) in [5.74, 6) is -1.48. The van der Waals surface area contributed by atoms with Crippen LogP contribution in [0.3, 0.4) is 0 Å². The first kappa shape index (κ1) is 17.1. The van der Waals surface area contributed by atoms with E-state index in [1.807, 2.05) is 30.3 Å². The first-order chi connectivity index (χ1) is 11.6. The molecule has 0 amide bonds. The number of rotatable bonds is 5. The number of halogens is 2. The van der Waals surface area contributed by atoms with Gasteiger partial charge in [-0.05, 0) is 0 Å². The summed E-state index contributed by atoms with van der Waals surface area (Å²) >= 11 is 0.105. The van der Waals surface area contributed by atoms with Gasteiger partial charge in [0, 0.05) is 0 Å². The summed E-state index contributed by atoms with van der Waals surface area (Å²) in [6.07, 6.45) is 3.05. The van der Waals surface area contributed by atoms with Crippen LogP contribution in [0.15, 0.2) is 48.5 Å². The van der Waals surface area contributed by atoms with E-state index in [1.54, 1.807) is 12.1 Å². The Morgan fingerprint density at radius 1 is 0.792 bits per heavy atom. The fourth-order valence-electron chi connectivity index (χ4n) is 2.79. The van der Waals surface area contributed by atoms with Crippen molar-refractivity contribution in [2.24, 2.45) is 0 Å². The summed E-state index contributed by atoms with van der Waals surface area (Å²) in [6, 6.07) is 15.1. The molecule has 1 aromatic heterocycles. The van der Waals surface area contributed by atoms with Crippen molar-refractivity contribution in [3.8, 4) is 21.1 Å². The van der Waals surface area contributed by atoms with E-state index in [9.17, 15) is 8.78 Å². The van der Waals surface area contributed by atoms with Crippen LogP contribution in [0.25, 0.3) is 21.1 Å². The minimum absolute atomic E-state index is 0.105. The Balaban J connectivity index is 1.98. The first-order valence-corrected chi connectivity index (χ1v) is 10.0. The van der Waals surface area contributed by atoms with Crippen molar-refractivity contribution < 1.29 is 8.78 Å². The van der Waals surface area contributed by atoms with E-state index in [1.165, 1.54) is 10.0 Å². The Bertz CT molecular complexity index is 832. The van der Waals surface area contributed by atoms with Crippen molar-refractivity contribution >= 4 is 14.5 Å². The molecule has 2 aromatic carbocycles. The van der Waals surface area contributed by atoms with Crippen molar-refractivity contribution in [1.29, 1.82) is 0 Å². The second kappa shape index (κ2) is 7.46. The topological polar surface area (TPSA) is 0 Å². The van der Waals surface area contributed by atoms with Crippen LogP contribution in [0, 0.1) is 11.6 Å². The molecule has 0 fully saturated rings. The summed E-state index contributed by atoms with van der Waals surface area (Å²) in [5, 5.41) is 0. The molecule has 0 radical (unpaired) electrons. The Morgan fingerprint density at radius 3 is 2.12 bits per heavy atom. The second-order valence-corrected chi connectivity index (χ2v) is 8.31. The van der Waals surface area contributed by atoms with Crippen molar-refractivity contribution in [3.05, 3.63) is 70.2 Å². The zero-order valence-corrected chi connectivity index (χ0v) is 15.6. The number of benzene rings is 2. The molecule has 124 valence electrons. The Morgan fingerprint density at radius 2 is 1.46 bits per heavy atom. The summed E-state index contributed by atoms with van der Waals surface area (Å²) in [7, 11) is 0. The SMILES string of the molecule is CCCc1ccc(-c2ccc(-c3ccc(CC)cc3)c(F)c2F)[se]1. The Kier molecular flexibility index (Phi) is 5.33. The molecular formula is C21H20F2Se. The van der Waals surface area contributed by atoms with Gasteiger partial charge in [0.05, 0.1) is 0 Å². The molecule has 3 heteroatoms. The molecule has 0 nitrogen and oxygen atoms in total. The van der Waals surface area contributed by atoms with E-state index in [-0.39, 0.29) is 14.5 Å². The van der Waals surface area contributed by atoms with E-state index in [0.717, 1.165) is 23.7 Å². The van der Waals surface area contributed by atoms with Gasteiger partial charge in [0.15, 0.2) is 0 Å². The van der Waals surface area contributed by atoms with Crippen LogP contribution < -0.4 is 0 Å². The molecule has 0 aliphatic heterocycles. The second-order valence-electron chi connectivity index (χ2n) is 5.86. The minimum atomic E-state index is -0.752. The molecule has 1 heterocycles. The molecule has 0 saturated carbocycles. The van der Waals surface area contributed by atoms with Gasteiger partial charge >= 0.3 is 148 Å². The average molecular weight is 389 g/mol. The third-order valence-corrected chi connectivity index (χ3v) is 6.65. The van der Waals surface area contributed by atoms with E-state index in [4.69, 9.17) is 0 Å². The van der Waals surface area contributed by atoms with Crippen LogP contribution in [-0.4, -0.2) is 14.5 Å². The molecule has 3 rings (SSSR count). The fourth-order valence-corrected chi connectivity index (χ4v) is 5.15. The Hall–Kier alpha value is -1.70. The molecule has 0 saturated heterocycles. The molecule has 0 aliphatic rings. The van der Waals surface area contributed by atoms with E-state index < -0.39 is 11.6 Å². The predicted molar refractivity (Wildman–Crippen MR) is 97.5 cm³/mol. The van der Waals surface area contributed by atoms with Gasteiger partial charge in [-0.15, -0.1) is 0 Å². The zero-order valence-electron chi connectivity index (χ0n) is 13.9. The van der Waals surface area contributed by atoms with Crippen LogP contribution in [-0.2, 0) is 12.8 Å². The van der Waals surface area contributed by atoms with Gasteiger partial charge in [-0.1, -0.05) is 0 Å². The summed E-state index contributed by atoms with van der Waals surface area (Å²) < 4.78 is 31.5. The molecule has 0 N–H and O–H groups in total. The maximum absolute atomic E-state index is 14.6. The fraction of sp³-hybridized carbons (Fsp3) is 0.238. The molecule has 0 bridgehead atoms. The third-order valence-electron chi connectivity index (χ3n) is 4.18. The average Bonchev–Trinajstić information content (AvgIpc) is 3.06. The first-order valence-electron chi connectivity index (χ1n) is 8.30. The van der Waals surface area contributed by atoms with Crippen molar-refractivity contribution in [2.75, 3.05) is 0 Å². The molecule has 0 aliphatic carbocycles. The molecule has 0 spiro atoms. The molecule has 3 aromatic rings. The summed E-state index contributed by atoms with van der Waals surface area (Å²) in [4.78, 5) is 0. The Labute approximate surface area is 147 Å². The van der Waals surface area contributed by atoms with Gasteiger partial charge in [-0.25, -0.2) is 0 Å². The van der Waals surface area contributed by atoms with Gasteiger partial charge in [0.25, 0.3) is 0 Å². The number of aryl methyl sites for hydroxylation is 2. The van der Waals surface area contributed by atoms with Crippen LogP contribution in [0.2, 0.25) is 0 Å². The van der Waals surface area contributed by atoms with Gasteiger partial charge in [-0.2, -0.15) is 0 Å². The molecule has 0 atom stereocenters. The van der Waals surface area contributed by atoms with Gasteiger partial charge in [0.1, 0.15) is 0 Å².